The van der Waals surface area contributed by atoms with Crippen LogP contribution in [0.1, 0.15) is 75.4 Å². The Morgan fingerprint density at radius 1 is 0.717 bits per heavy atom. The molecular formula is C41H57N11O7S. The first-order valence-corrected chi connectivity index (χ1v) is 21.0. The Morgan fingerprint density at radius 3 is 2.00 bits per heavy atom. The van der Waals surface area contributed by atoms with Gasteiger partial charge in [0.1, 0.15) is 36.3 Å². The van der Waals surface area contributed by atoms with Crippen molar-refractivity contribution < 1.29 is 33.6 Å². The van der Waals surface area contributed by atoms with E-state index in [0.717, 1.165) is 27.8 Å². The maximum absolute atomic E-state index is 14.2. The Balaban J connectivity index is 1.52. The molecule has 0 aliphatic heterocycles. The van der Waals surface area contributed by atoms with Crippen molar-refractivity contribution in [1.82, 2.24) is 46.9 Å². The third-order valence-electron chi connectivity index (χ3n) is 9.86. The van der Waals surface area contributed by atoms with Crippen LogP contribution in [0.15, 0.2) is 60.5 Å². The topological polar surface area (TPSA) is 288 Å². The number of aromatic amines is 2. The molecule has 12 N–H and O–H groups in total. The molecule has 0 fully saturated rings. The molecule has 4 aromatic rings. The van der Waals surface area contributed by atoms with Crippen LogP contribution in [0.4, 0.5) is 0 Å². The Bertz CT molecular complexity index is 2040. The third kappa shape index (κ3) is 14.3. The van der Waals surface area contributed by atoms with Crippen LogP contribution in [-0.2, 0) is 52.8 Å². The number of nitrogens with one attached hydrogen (secondary N) is 8. The van der Waals surface area contributed by atoms with Crippen LogP contribution in [-0.4, -0.2) is 99.1 Å². The van der Waals surface area contributed by atoms with E-state index >= 15 is 0 Å². The van der Waals surface area contributed by atoms with Crippen LogP contribution in [0.2, 0.25) is 0 Å². The lowest BCUT2D eigenvalue weighted by Gasteiger charge is -2.27. The molecule has 19 heteroatoms. The summed E-state index contributed by atoms with van der Waals surface area (Å²) >= 11 is 1.37. The van der Waals surface area contributed by atoms with Gasteiger partial charge in [-0.2, -0.15) is 0 Å². The number of fused-ring (bicyclic) bond motifs is 1. The number of primary amides is 1. The summed E-state index contributed by atoms with van der Waals surface area (Å²) in [6.07, 6.45) is 7.81. The van der Waals surface area contributed by atoms with Crippen LogP contribution < -0.4 is 43.4 Å². The smallest absolute Gasteiger partial charge is 0.243 e. The normalized spacial score (nSPS) is 14.1. The van der Waals surface area contributed by atoms with Crippen LogP contribution in [0.25, 0.3) is 10.9 Å². The van der Waals surface area contributed by atoms with Gasteiger partial charge in [0.05, 0.1) is 6.33 Å². The van der Waals surface area contributed by atoms with E-state index in [-0.39, 0.29) is 31.6 Å². The molecule has 0 saturated heterocycles. The number of carbonyl (C=O) groups is 7. The lowest BCUT2D eigenvalue weighted by molar-refractivity contribution is -0.135. The van der Waals surface area contributed by atoms with Crippen molar-refractivity contribution >= 4 is 63.6 Å². The highest BCUT2D eigenvalue weighted by Gasteiger charge is 2.33. The number of imidazole rings is 1. The molecule has 0 spiro atoms. The fourth-order valence-corrected chi connectivity index (χ4v) is 7.34. The molecule has 3 heterocycles. The van der Waals surface area contributed by atoms with Crippen molar-refractivity contribution in [3.63, 3.8) is 0 Å². The predicted octanol–water partition coefficient (Wildman–Crippen LogP) is 0.734. The van der Waals surface area contributed by atoms with E-state index in [4.69, 9.17) is 11.5 Å². The Morgan fingerprint density at radius 2 is 1.35 bits per heavy atom. The number of benzene rings is 1. The molecule has 0 radical (unpaired) electrons. The summed E-state index contributed by atoms with van der Waals surface area (Å²) in [5.41, 5.74) is 13.6. The lowest BCUT2D eigenvalue weighted by Crippen LogP contribution is -2.60. The van der Waals surface area contributed by atoms with Gasteiger partial charge in [0, 0.05) is 60.1 Å². The van der Waals surface area contributed by atoms with E-state index in [1.807, 2.05) is 36.6 Å². The fourth-order valence-electron chi connectivity index (χ4n) is 6.59. The molecule has 324 valence electrons. The largest absolute Gasteiger partial charge is 0.368 e. The maximum Gasteiger partial charge on any atom is 0.243 e. The Kier molecular flexibility index (Phi) is 18.3. The van der Waals surface area contributed by atoms with Crippen LogP contribution in [0.5, 0.6) is 0 Å². The van der Waals surface area contributed by atoms with E-state index in [1.165, 1.54) is 37.7 Å². The van der Waals surface area contributed by atoms with Gasteiger partial charge in [0.2, 0.25) is 41.4 Å². The van der Waals surface area contributed by atoms with Gasteiger partial charge < -0.3 is 53.3 Å². The van der Waals surface area contributed by atoms with Gasteiger partial charge in [-0.3, -0.25) is 33.6 Å². The minimum absolute atomic E-state index is 0.0499. The number of unbranched alkanes of at least 4 members (excludes halogenated alkanes) is 2. The number of hydrogen-bond acceptors (Lipinski definition) is 10. The second-order valence-electron chi connectivity index (χ2n) is 14.7. The molecule has 6 atom stereocenters. The highest BCUT2D eigenvalue weighted by Crippen LogP contribution is 2.19. The van der Waals surface area contributed by atoms with Crippen molar-refractivity contribution in [2.45, 2.75) is 115 Å². The lowest BCUT2D eigenvalue weighted by atomic mass is 10.0. The zero-order valence-electron chi connectivity index (χ0n) is 34.2. The zero-order valence-corrected chi connectivity index (χ0v) is 35.0. The van der Waals surface area contributed by atoms with E-state index < -0.39 is 71.7 Å². The quantitative estimate of drug-likeness (QED) is 0.0420. The molecule has 60 heavy (non-hydrogen) atoms. The first-order valence-electron chi connectivity index (χ1n) is 20.1. The number of H-pyrrole nitrogens is 2. The minimum Gasteiger partial charge on any atom is -0.368 e. The maximum atomic E-state index is 14.2. The molecule has 1 aromatic carbocycles. The SMILES string of the molecule is CCCC[C@H](NC(C)=O)C(=O)N[C@@H](C)C(=O)N[C@@H](Cc1cnc[nH]1)C(=O)N[C@H](Cc1cccs1)C(=O)N[C@@H](CCCCN)C(=O)N[C@@H](Cc1c[nH]c2ccccc12)C(N)=O. The predicted molar refractivity (Wildman–Crippen MR) is 227 cm³/mol. The standard InChI is InChI=1S/C41H57N11O7S/c1-4-5-13-31(48-25(3)53)38(56)47-24(2)37(55)51-34(19-27-22-44-23-46-27)40(58)52-35(20-28-11-10-17-60-28)41(59)49-32(15-8-9-16-42)39(57)50-33(36(43)54)18-26-21-45-30-14-7-6-12-29(26)30/h6-7,10-12,14,17,21-24,31-35,45H,4-5,8-9,13,15-16,18-20,42H2,1-3H3,(H2,43,54)(H,44,46)(H,47,56)(H,48,53)(H,49,59)(H,50,57)(H,51,55)(H,52,58)/t24-,31-,32-,33-,34-,35+/m0/s1. The van der Waals surface area contributed by atoms with Crippen LogP contribution in [0, 0.1) is 0 Å². The van der Waals surface area contributed by atoms with Crippen LogP contribution >= 0.6 is 11.3 Å². The summed E-state index contributed by atoms with van der Waals surface area (Å²) in [5.74, 6) is -4.42. The van der Waals surface area contributed by atoms with E-state index in [9.17, 15) is 33.6 Å². The van der Waals surface area contributed by atoms with E-state index in [1.54, 1.807) is 18.3 Å². The number of hydrogen-bond donors (Lipinski definition) is 10. The van der Waals surface area contributed by atoms with Crippen molar-refractivity contribution in [1.29, 1.82) is 0 Å². The van der Waals surface area contributed by atoms with Gasteiger partial charge in [-0.25, -0.2) is 4.98 Å². The first-order chi connectivity index (χ1) is 28.8. The molecule has 3 aromatic heterocycles. The summed E-state index contributed by atoms with van der Waals surface area (Å²) in [6, 6.07) is 4.48. The van der Waals surface area contributed by atoms with Gasteiger partial charge in [0.15, 0.2) is 0 Å². The highest BCUT2D eigenvalue weighted by atomic mass is 32.1. The molecule has 0 aliphatic rings. The van der Waals surface area contributed by atoms with Gasteiger partial charge >= 0.3 is 0 Å². The van der Waals surface area contributed by atoms with Gasteiger partial charge in [-0.1, -0.05) is 44.0 Å². The summed E-state index contributed by atoms with van der Waals surface area (Å²) in [5, 5.41) is 18.9. The number of para-hydroxylation sites is 1. The number of carbonyl (C=O) groups excluding carboxylic acids is 7. The van der Waals surface area contributed by atoms with Gasteiger partial charge in [-0.15, -0.1) is 11.3 Å². The second kappa shape index (κ2) is 23.5. The first kappa shape index (κ1) is 46.6. The number of amides is 7. The third-order valence-corrected chi connectivity index (χ3v) is 10.8. The van der Waals surface area contributed by atoms with Crippen molar-refractivity contribution in [3.8, 4) is 0 Å². The summed E-state index contributed by atoms with van der Waals surface area (Å²) in [6.45, 7) is 5.06. The average Bonchev–Trinajstić information content (AvgIpc) is 4.02. The Hall–Kier alpha value is -6.08. The number of thiophene rings is 1. The summed E-state index contributed by atoms with van der Waals surface area (Å²) in [4.78, 5) is 104. The van der Waals surface area contributed by atoms with Crippen molar-refractivity contribution in [3.05, 3.63) is 76.6 Å². The number of nitrogens with two attached hydrogens (primary N) is 2. The molecule has 0 saturated carbocycles. The molecule has 0 aliphatic carbocycles. The van der Waals surface area contributed by atoms with Crippen LogP contribution in [0.3, 0.4) is 0 Å². The average molecular weight is 848 g/mol. The summed E-state index contributed by atoms with van der Waals surface area (Å²) in [7, 11) is 0. The zero-order chi connectivity index (χ0) is 43.6. The Labute approximate surface area is 352 Å². The minimum atomic E-state index is -1.24. The van der Waals surface area contributed by atoms with Gasteiger partial charge in [-0.05, 0) is 62.2 Å². The molecule has 0 bridgehead atoms. The van der Waals surface area contributed by atoms with Crippen molar-refractivity contribution in [2.24, 2.45) is 11.5 Å². The van der Waals surface area contributed by atoms with E-state index in [0.29, 0.717) is 37.9 Å². The van der Waals surface area contributed by atoms with E-state index in [2.05, 4.69) is 46.9 Å². The van der Waals surface area contributed by atoms with Crippen molar-refractivity contribution in [2.75, 3.05) is 6.54 Å². The molecule has 4 rings (SSSR count). The number of rotatable bonds is 25. The molecule has 18 nitrogen and oxygen atoms in total. The second-order valence-corrected chi connectivity index (χ2v) is 15.7. The monoisotopic (exact) mass is 847 g/mol. The number of nitrogens with zero attached hydrogens (tertiary/aromatic N) is 1. The summed E-state index contributed by atoms with van der Waals surface area (Å²) < 4.78 is 0. The molecule has 0 unspecified atom stereocenters. The fraction of sp³-hybridized carbons (Fsp3) is 0.463. The molecule has 7 amide bonds. The molecular weight excluding hydrogens is 791 g/mol. The number of aromatic nitrogens is 3. The highest BCUT2D eigenvalue weighted by molar-refractivity contribution is 7.09. The van der Waals surface area contributed by atoms with Gasteiger partial charge in [0.25, 0.3) is 0 Å².